The van der Waals surface area contributed by atoms with Gasteiger partial charge in [0.2, 0.25) is 0 Å². The first-order chi connectivity index (χ1) is 9.45. The van der Waals surface area contributed by atoms with E-state index in [0.717, 1.165) is 11.1 Å². The molecule has 0 heterocycles. The highest BCUT2D eigenvalue weighted by atomic mass is 14.5. The molecule has 102 valence electrons. The van der Waals surface area contributed by atoms with Crippen molar-refractivity contribution in [1.82, 2.24) is 0 Å². The topological polar surface area (TPSA) is 47.6 Å². The summed E-state index contributed by atoms with van der Waals surface area (Å²) < 4.78 is 0. The van der Waals surface area contributed by atoms with Gasteiger partial charge in [-0.05, 0) is 32.8 Å². The third kappa shape index (κ3) is 2.65. The van der Waals surface area contributed by atoms with Crippen LogP contribution in [0.3, 0.4) is 0 Å². The van der Waals surface area contributed by atoms with Gasteiger partial charge in [-0.25, -0.2) is 0 Å². The fraction of sp³-hybridized carbons (Fsp3) is 0.333. The van der Waals surface area contributed by atoms with E-state index in [4.69, 9.17) is 0 Å². The Kier molecular flexibility index (Phi) is 4.89. The van der Waals surface area contributed by atoms with Crippen LogP contribution in [0.15, 0.2) is 54.6 Å². The summed E-state index contributed by atoms with van der Waals surface area (Å²) in [4.78, 5) is 0. The molecule has 1 rings (SSSR count). The molecular weight excluding hydrogens is 244 g/mol. The zero-order valence-electron chi connectivity index (χ0n) is 12.4. The van der Waals surface area contributed by atoms with Crippen molar-refractivity contribution < 1.29 is 0 Å². The van der Waals surface area contributed by atoms with Crippen LogP contribution in [0.25, 0.3) is 0 Å². The van der Waals surface area contributed by atoms with Gasteiger partial charge in [-0.2, -0.15) is 10.5 Å². The monoisotopic (exact) mass is 264 g/mol. The van der Waals surface area contributed by atoms with Gasteiger partial charge in [0.25, 0.3) is 0 Å². The molecule has 0 unspecified atom stereocenters. The SMILES string of the molecule is C=C[C@@](C)(c1ccccc1)C(C#N)(C#N)CC=C(C)C. The molecule has 2 nitrogen and oxygen atoms in total. The maximum atomic E-state index is 9.67. The number of rotatable bonds is 5. The van der Waals surface area contributed by atoms with Crippen LogP contribution < -0.4 is 0 Å². The smallest absolute Gasteiger partial charge is 0.159 e. The van der Waals surface area contributed by atoms with E-state index in [1.165, 1.54) is 0 Å². The number of hydrogen-bond acceptors (Lipinski definition) is 2. The second kappa shape index (κ2) is 6.22. The molecule has 0 aromatic heterocycles. The average Bonchev–Trinajstić information content (AvgIpc) is 2.49. The Hall–Kier alpha value is -2.32. The quantitative estimate of drug-likeness (QED) is 0.734. The predicted octanol–water partition coefficient (Wildman–Crippen LogP) is 4.52. The summed E-state index contributed by atoms with van der Waals surface area (Å²) in [6, 6.07) is 14.1. The minimum absolute atomic E-state index is 0.389. The number of benzene rings is 1. The minimum Gasteiger partial charge on any atom is -0.196 e. The molecular formula is C18H20N2. The lowest BCUT2D eigenvalue weighted by Gasteiger charge is -2.37. The zero-order valence-corrected chi connectivity index (χ0v) is 12.4. The first-order valence-corrected chi connectivity index (χ1v) is 6.61. The Morgan fingerprint density at radius 2 is 1.75 bits per heavy atom. The highest BCUT2D eigenvalue weighted by molar-refractivity contribution is 5.41. The van der Waals surface area contributed by atoms with Gasteiger partial charge in [-0.1, -0.05) is 48.1 Å². The Morgan fingerprint density at radius 3 is 2.15 bits per heavy atom. The van der Waals surface area contributed by atoms with E-state index in [1.807, 2.05) is 57.2 Å². The molecule has 0 amide bonds. The molecule has 0 N–H and O–H groups in total. The Bertz CT molecular complexity index is 566. The van der Waals surface area contributed by atoms with Gasteiger partial charge in [0.05, 0.1) is 12.1 Å². The number of hydrogen-bond donors (Lipinski definition) is 0. The summed E-state index contributed by atoms with van der Waals surface area (Å²) in [5.41, 5.74) is 0.150. The molecule has 1 atom stereocenters. The summed E-state index contributed by atoms with van der Waals surface area (Å²) in [6.45, 7) is 9.71. The largest absolute Gasteiger partial charge is 0.196 e. The lowest BCUT2D eigenvalue weighted by Crippen LogP contribution is -2.40. The lowest BCUT2D eigenvalue weighted by molar-refractivity contribution is 0.343. The van der Waals surface area contributed by atoms with Crippen LogP contribution in [0, 0.1) is 28.1 Å². The van der Waals surface area contributed by atoms with Crippen LogP contribution in [-0.4, -0.2) is 0 Å². The van der Waals surface area contributed by atoms with E-state index in [-0.39, 0.29) is 0 Å². The molecule has 0 aliphatic rings. The number of nitrogens with zero attached hydrogens (tertiary/aromatic N) is 2. The van der Waals surface area contributed by atoms with Crippen molar-refractivity contribution in [2.24, 2.45) is 5.41 Å². The van der Waals surface area contributed by atoms with Crippen LogP contribution in [0.4, 0.5) is 0 Å². The number of nitriles is 2. The van der Waals surface area contributed by atoms with Crippen LogP contribution in [0.1, 0.15) is 32.8 Å². The van der Waals surface area contributed by atoms with Crippen molar-refractivity contribution in [3.63, 3.8) is 0 Å². The normalized spacial score (nSPS) is 13.4. The maximum Gasteiger partial charge on any atom is 0.159 e. The van der Waals surface area contributed by atoms with E-state index in [0.29, 0.717) is 6.42 Å². The van der Waals surface area contributed by atoms with Crippen LogP contribution in [0.2, 0.25) is 0 Å². The van der Waals surface area contributed by atoms with Crippen molar-refractivity contribution in [2.75, 3.05) is 0 Å². The maximum absolute atomic E-state index is 9.67. The summed E-state index contributed by atoms with van der Waals surface area (Å²) in [5, 5.41) is 19.3. The van der Waals surface area contributed by atoms with E-state index >= 15 is 0 Å². The van der Waals surface area contributed by atoms with Gasteiger partial charge in [-0.3, -0.25) is 0 Å². The predicted molar refractivity (Wildman–Crippen MR) is 81.7 cm³/mol. The van der Waals surface area contributed by atoms with Crippen molar-refractivity contribution in [2.45, 2.75) is 32.6 Å². The molecule has 0 fully saturated rings. The average molecular weight is 264 g/mol. The van der Waals surface area contributed by atoms with Gasteiger partial charge in [0.15, 0.2) is 5.41 Å². The third-order valence-corrected chi connectivity index (χ3v) is 3.87. The molecule has 0 aliphatic carbocycles. The molecule has 20 heavy (non-hydrogen) atoms. The van der Waals surface area contributed by atoms with Gasteiger partial charge >= 0.3 is 0 Å². The number of allylic oxidation sites excluding steroid dienone is 3. The van der Waals surface area contributed by atoms with Gasteiger partial charge in [0, 0.05) is 5.41 Å². The van der Waals surface area contributed by atoms with Gasteiger partial charge in [-0.15, -0.1) is 6.58 Å². The molecule has 1 aromatic rings. The van der Waals surface area contributed by atoms with E-state index in [9.17, 15) is 10.5 Å². The van der Waals surface area contributed by atoms with Gasteiger partial charge in [0.1, 0.15) is 0 Å². The lowest BCUT2D eigenvalue weighted by atomic mass is 9.60. The summed E-state index contributed by atoms with van der Waals surface area (Å²) in [5.74, 6) is 0. The second-order valence-corrected chi connectivity index (χ2v) is 5.39. The molecule has 0 radical (unpaired) electrons. The zero-order chi connectivity index (χ0) is 15.2. The first kappa shape index (κ1) is 15.7. The second-order valence-electron chi connectivity index (χ2n) is 5.39. The van der Waals surface area contributed by atoms with E-state index < -0.39 is 10.8 Å². The highest BCUT2D eigenvalue weighted by Crippen LogP contribution is 2.45. The fourth-order valence-corrected chi connectivity index (χ4v) is 2.24. The molecule has 2 heteroatoms. The van der Waals surface area contributed by atoms with Crippen molar-refractivity contribution in [3.05, 3.63) is 60.2 Å². The molecule has 1 aromatic carbocycles. The van der Waals surface area contributed by atoms with E-state index in [1.54, 1.807) is 6.08 Å². The summed E-state index contributed by atoms with van der Waals surface area (Å²) in [6.07, 6.45) is 4.05. The minimum atomic E-state index is -1.16. The summed E-state index contributed by atoms with van der Waals surface area (Å²) in [7, 11) is 0. The Labute approximate surface area is 121 Å². The standard InChI is InChI=1S/C18H20N2/c1-5-17(4,16-9-7-6-8-10-16)18(13-19,14-20)12-11-15(2)3/h5-11H,1,12H2,2-4H3/t17-/m0/s1. The Balaban J connectivity index is 3.45. The summed E-state index contributed by atoms with van der Waals surface area (Å²) >= 11 is 0. The first-order valence-electron chi connectivity index (χ1n) is 6.61. The van der Waals surface area contributed by atoms with E-state index in [2.05, 4.69) is 18.7 Å². The molecule has 0 bridgehead atoms. The molecule has 0 spiro atoms. The van der Waals surface area contributed by atoms with Crippen molar-refractivity contribution in [3.8, 4) is 12.1 Å². The molecule has 0 saturated heterocycles. The van der Waals surface area contributed by atoms with Crippen LogP contribution in [0.5, 0.6) is 0 Å². The fourth-order valence-electron chi connectivity index (χ4n) is 2.24. The van der Waals surface area contributed by atoms with Crippen LogP contribution >= 0.6 is 0 Å². The molecule has 0 saturated carbocycles. The Morgan fingerprint density at radius 1 is 1.20 bits per heavy atom. The highest BCUT2D eigenvalue weighted by Gasteiger charge is 2.48. The van der Waals surface area contributed by atoms with Crippen molar-refractivity contribution in [1.29, 1.82) is 10.5 Å². The third-order valence-electron chi connectivity index (χ3n) is 3.87. The van der Waals surface area contributed by atoms with Crippen molar-refractivity contribution >= 4 is 0 Å². The van der Waals surface area contributed by atoms with Gasteiger partial charge < -0.3 is 0 Å². The van der Waals surface area contributed by atoms with Crippen LogP contribution in [-0.2, 0) is 5.41 Å². The molecule has 0 aliphatic heterocycles.